The van der Waals surface area contributed by atoms with Gasteiger partial charge in [0, 0.05) is 38.3 Å². The van der Waals surface area contributed by atoms with Gasteiger partial charge in [0.05, 0.1) is 5.75 Å². The first-order valence-electron chi connectivity index (χ1n) is 8.43. The Hall–Kier alpha value is -2.92. The number of amides is 1. The van der Waals surface area contributed by atoms with Gasteiger partial charge >= 0.3 is 5.69 Å². The summed E-state index contributed by atoms with van der Waals surface area (Å²) in [4.78, 5) is 40.5. The second-order valence-electron chi connectivity index (χ2n) is 6.46. The van der Waals surface area contributed by atoms with Crippen molar-refractivity contribution in [2.24, 2.45) is 21.1 Å². The van der Waals surface area contributed by atoms with Gasteiger partial charge in [-0.05, 0) is 18.2 Å². The van der Waals surface area contributed by atoms with Crippen LogP contribution in [-0.2, 0) is 35.8 Å². The fourth-order valence-electron chi connectivity index (χ4n) is 2.94. The Morgan fingerprint density at radius 3 is 2.48 bits per heavy atom. The molecule has 10 nitrogen and oxygen atoms in total. The van der Waals surface area contributed by atoms with E-state index in [1.807, 2.05) is 0 Å². The van der Waals surface area contributed by atoms with E-state index in [2.05, 4.69) is 10.3 Å². The van der Waals surface area contributed by atoms with Crippen LogP contribution in [0.4, 0.5) is 5.69 Å². The summed E-state index contributed by atoms with van der Waals surface area (Å²) in [7, 11) is 0.0920. The molecule has 0 aliphatic heterocycles. The zero-order valence-electron chi connectivity index (χ0n) is 15.8. The van der Waals surface area contributed by atoms with Crippen molar-refractivity contribution in [3.63, 3.8) is 0 Å². The quantitative estimate of drug-likeness (QED) is 0.614. The third-order valence-corrected chi connectivity index (χ3v) is 6.31. The maximum absolute atomic E-state index is 12.7. The van der Waals surface area contributed by atoms with E-state index in [0.717, 1.165) is 9.13 Å². The highest BCUT2D eigenvalue weighted by molar-refractivity contribution is 7.91. The molecule has 29 heavy (non-hydrogen) atoms. The largest absolute Gasteiger partial charge is 0.332 e. The van der Waals surface area contributed by atoms with Crippen LogP contribution in [0, 0.1) is 0 Å². The highest BCUT2D eigenvalue weighted by atomic mass is 35.5. The topological polar surface area (TPSA) is 125 Å². The molecule has 0 atom stereocenters. The molecule has 0 aliphatic carbocycles. The van der Waals surface area contributed by atoms with Gasteiger partial charge in [-0.1, -0.05) is 17.7 Å². The minimum absolute atomic E-state index is 0.0834. The van der Waals surface area contributed by atoms with Crippen molar-refractivity contribution < 1.29 is 13.2 Å². The lowest BCUT2D eigenvalue weighted by atomic mass is 10.3. The third-order valence-electron chi connectivity index (χ3n) is 4.41. The number of benzene rings is 1. The predicted octanol–water partition coefficient (Wildman–Crippen LogP) is 0.427. The molecule has 3 rings (SSSR count). The number of fused-ring (bicyclic) bond motifs is 1. The number of nitrogens with zero attached hydrogens (tertiary/aromatic N) is 4. The summed E-state index contributed by atoms with van der Waals surface area (Å²) in [5, 5.41) is 2.61. The van der Waals surface area contributed by atoms with Gasteiger partial charge < -0.3 is 9.88 Å². The van der Waals surface area contributed by atoms with Crippen molar-refractivity contribution in [1.82, 2.24) is 18.7 Å². The number of hydrogen-bond acceptors (Lipinski definition) is 6. The standard InChI is InChI=1S/C17H18ClN5O5S/c1-21-14-13(15(25)23(3)17(26)22(14)2)20-16(21)29(27,28)8-7-12(24)19-11-6-4-5-10(18)9-11/h4-6,9H,7-8H2,1-3H3,(H,19,24). The summed E-state index contributed by atoms with van der Waals surface area (Å²) < 4.78 is 28.7. The highest BCUT2D eigenvalue weighted by Gasteiger charge is 2.26. The average molecular weight is 440 g/mol. The lowest BCUT2D eigenvalue weighted by molar-refractivity contribution is -0.115. The van der Waals surface area contributed by atoms with Crippen LogP contribution in [0.1, 0.15) is 6.42 Å². The molecular formula is C17H18ClN5O5S. The number of hydrogen-bond donors (Lipinski definition) is 1. The molecule has 0 fully saturated rings. The molecule has 12 heteroatoms. The first-order valence-corrected chi connectivity index (χ1v) is 10.5. The molecule has 1 N–H and O–H groups in total. The van der Waals surface area contributed by atoms with E-state index < -0.39 is 32.7 Å². The molecule has 0 unspecified atom stereocenters. The number of aromatic nitrogens is 4. The summed E-state index contributed by atoms with van der Waals surface area (Å²) in [6, 6.07) is 6.46. The maximum atomic E-state index is 12.7. The molecular weight excluding hydrogens is 422 g/mol. The molecule has 0 spiro atoms. The van der Waals surface area contributed by atoms with Crippen LogP contribution in [0.3, 0.4) is 0 Å². The molecule has 154 valence electrons. The van der Waals surface area contributed by atoms with Gasteiger partial charge in [0.25, 0.3) is 5.56 Å². The molecule has 1 amide bonds. The lowest BCUT2D eigenvalue weighted by Crippen LogP contribution is -2.37. The summed E-state index contributed by atoms with van der Waals surface area (Å²) in [6.45, 7) is 0. The van der Waals surface area contributed by atoms with Crippen LogP contribution < -0.4 is 16.6 Å². The van der Waals surface area contributed by atoms with Crippen LogP contribution in [0.2, 0.25) is 5.02 Å². The van der Waals surface area contributed by atoms with Crippen LogP contribution in [0.5, 0.6) is 0 Å². The zero-order chi connectivity index (χ0) is 21.5. The predicted molar refractivity (Wildman–Crippen MR) is 108 cm³/mol. The van der Waals surface area contributed by atoms with Gasteiger partial charge in [0.2, 0.25) is 20.9 Å². The van der Waals surface area contributed by atoms with E-state index in [4.69, 9.17) is 11.6 Å². The fourth-order valence-corrected chi connectivity index (χ4v) is 4.51. The molecule has 1 aromatic carbocycles. The van der Waals surface area contributed by atoms with Crippen molar-refractivity contribution in [3.05, 3.63) is 50.1 Å². The Balaban J connectivity index is 1.89. The number of anilines is 1. The second-order valence-corrected chi connectivity index (χ2v) is 8.90. The van der Waals surface area contributed by atoms with E-state index >= 15 is 0 Å². The Morgan fingerprint density at radius 1 is 1.14 bits per heavy atom. The van der Waals surface area contributed by atoms with E-state index in [9.17, 15) is 22.8 Å². The second kappa shape index (κ2) is 7.48. The Bertz CT molecular complexity index is 1350. The van der Waals surface area contributed by atoms with Crippen molar-refractivity contribution in [1.29, 1.82) is 0 Å². The molecule has 2 heterocycles. The fraction of sp³-hybridized carbons (Fsp3) is 0.294. The Labute approximate surface area is 170 Å². The minimum atomic E-state index is -4.01. The van der Waals surface area contributed by atoms with E-state index in [1.165, 1.54) is 31.8 Å². The van der Waals surface area contributed by atoms with Crippen LogP contribution >= 0.6 is 11.6 Å². The van der Waals surface area contributed by atoms with Crippen molar-refractivity contribution in [2.75, 3.05) is 11.1 Å². The number of aryl methyl sites for hydroxylation is 2. The van der Waals surface area contributed by atoms with Gasteiger partial charge in [0.15, 0.2) is 11.2 Å². The first-order chi connectivity index (χ1) is 13.5. The molecule has 0 saturated heterocycles. The SMILES string of the molecule is Cn1c(=O)c2nc(S(=O)(=O)CCC(=O)Nc3cccc(Cl)c3)n(C)c2n(C)c1=O. The molecule has 0 radical (unpaired) electrons. The average Bonchev–Trinajstić information content (AvgIpc) is 3.01. The summed E-state index contributed by atoms with van der Waals surface area (Å²) in [5.74, 6) is -1.04. The van der Waals surface area contributed by atoms with Gasteiger partial charge in [-0.2, -0.15) is 0 Å². The Morgan fingerprint density at radius 2 is 1.83 bits per heavy atom. The zero-order valence-corrected chi connectivity index (χ0v) is 17.4. The molecule has 3 aromatic rings. The van der Waals surface area contributed by atoms with Crippen molar-refractivity contribution in [2.45, 2.75) is 11.6 Å². The molecule has 2 aromatic heterocycles. The number of nitrogens with one attached hydrogen (secondary N) is 1. The smallest absolute Gasteiger partial charge is 0.326 e. The summed E-state index contributed by atoms with van der Waals surface area (Å²) in [6.07, 6.45) is -0.324. The monoisotopic (exact) mass is 439 g/mol. The van der Waals surface area contributed by atoms with Crippen LogP contribution in [-0.4, -0.2) is 38.8 Å². The number of halogens is 1. The van der Waals surface area contributed by atoms with Gasteiger partial charge in [-0.3, -0.25) is 18.7 Å². The first kappa shape index (κ1) is 20.8. The number of carbonyl (C=O) groups is 1. The third kappa shape index (κ3) is 3.83. The molecule has 0 aliphatic rings. The summed E-state index contributed by atoms with van der Waals surface area (Å²) in [5.41, 5.74) is -0.908. The minimum Gasteiger partial charge on any atom is -0.326 e. The van der Waals surface area contributed by atoms with E-state index in [-0.39, 0.29) is 22.7 Å². The van der Waals surface area contributed by atoms with E-state index in [1.54, 1.807) is 18.2 Å². The Kier molecular flexibility index (Phi) is 5.37. The number of sulfone groups is 1. The maximum Gasteiger partial charge on any atom is 0.332 e. The van der Waals surface area contributed by atoms with E-state index in [0.29, 0.717) is 10.7 Å². The number of carbonyl (C=O) groups excluding carboxylic acids is 1. The summed E-state index contributed by atoms with van der Waals surface area (Å²) >= 11 is 5.85. The number of imidazole rings is 1. The number of rotatable bonds is 5. The molecule has 0 saturated carbocycles. The van der Waals surface area contributed by atoms with Gasteiger partial charge in [-0.15, -0.1) is 0 Å². The lowest BCUT2D eigenvalue weighted by Gasteiger charge is -2.08. The highest BCUT2D eigenvalue weighted by Crippen LogP contribution is 2.17. The molecule has 0 bridgehead atoms. The van der Waals surface area contributed by atoms with Gasteiger partial charge in [0.1, 0.15) is 0 Å². The van der Waals surface area contributed by atoms with Crippen LogP contribution in [0.15, 0.2) is 39.0 Å². The van der Waals surface area contributed by atoms with Gasteiger partial charge in [-0.25, -0.2) is 18.2 Å². The van der Waals surface area contributed by atoms with Crippen molar-refractivity contribution >= 4 is 44.2 Å². The normalized spacial score (nSPS) is 11.7. The van der Waals surface area contributed by atoms with Crippen LogP contribution in [0.25, 0.3) is 11.2 Å². The van der Waals surface area contributed by atoms with Crippen molar-refractivity contribution in [3.8, 4) is 0 Å².